The summed E-state index contributed by atoms with van der Waals surface area (Å²) in [6, 6.07) is 15.7. The number of hydrogen-bond acceptors (Lipinski definition) is 3. The Hall–Kier alpha value is -3.15. The first-order chi connectivity index (χ1) is 14.5. The molecular weight excluding hydrogens is 376 g/mol. The SMILES string of the molecule is CC(C)c1ccccc1NC(=O)CCC(=O)N1CCC[C@H]1c1nc2ccccc2[nH]1. The molecule has 0 saturated carbocycles. The van der Waals surface area contributed by atoms with Crippen LogP contribution in [0.4, 0.5) is 5.69 Å². The normalized spacial score (nSPS) is 16.4. The molecule has 0 radical (unpaired) electrons. The van der Waals surface area contributed by atoms with E-state index in [9.17, 15) is 9.59 Å². The minimum atomic E-state index is -0.129. The summed E-state index contributed by atoms with van der Waals surface area (Å²) >= 11 is 0. The van der Waals surface area contributed by atoms with Crippen LogP contribution >= 0.6 is 0 Å². The minimum absolute atomic E-state index is 0.00486. The summed E-state index contributed by atoms with van der Waals surface area (Å²) in [4.78, 5) is 35.3. The molecule has 30 heavy (non-hydrogen) atoms. The summed E-state index contributed by atoms with van der Waals surface area (Å²) in [5, 5.41) is 2.97. The van der Waals surface area contributed by atoms with Crippen molar-refractivity contribution in [2.24, 2.45) is 0 Å². The maximum absolute atomic E-state index is 12.9. The largest absolute Gasteiger partial charge is 0.340 e. The van der Waals surface area contributed by atoms with Crippen molar-refractivity contribution in [3.8, 4) is 0 Å². The van der Waals surface area contributed by atoms with Crippen LogP contribution in [0.2, 0.25) is 0 Å². The fraction of sp³-hybridized carbons (Fsp3) is 0.375. The predicted octanol–water partition coefficient (Wildman–Crippen LogP) is 4.77. The van der Waals surface area contributed by atoms with E-state index in [0.717, 1.165) is 41.0 Å². The van der Waals surface area contributed by atoms with Gasteiger partial charge in [-0.05, 0) is 42.5 Å². The van der Waals surface area contributed by atoms with Crippen molar-refractivity contribution in [2.75, 3.05) is 11.9 Å². The summed E-state index contributed by atoms with van der Waals surface area (Å²) in [6.45, 7) is 4.90. The van der Waals surface area contributed by atoms with E-state index in [2.05, 4.69) is 29.1 Å². The number of fused-ring (bicyclic) bond motifs is 1. The Morgan fingerprint density at radius 1 is 1.13 bits per heavy atom. The Kier molecular flexibility index (Phi) is 5.84. The molecule has 2 aromatic carbocycles. The molecule has 6 nitrogen and oxygen atoms in total. The van der Waals surface area contributed by atoms with Gasteiger partial charge in [0.05, 0.1) is 17.1 Å². The number of imidazole rings is 1. The summed E-state index contributed by atoms with van der Waals surface area (Å²) in [7, 11) is 0. The maximum Gasteiger partial charge on any atom is 0.224 e. The van der Waals surface area contributed by atoms with E-state index in [1.807, 2.05) is 53.4 Å². The number of benzene rings is 2. The van der Waals surface area contributed by atoms with Crippen LogP contribution < -0.4 is 5.32 Å². The Balaban J connectivity index is 1.38. The van der Waals surface area contributed by atoms with Crippen molar-refractivity contribution in [1.82, 2.24) is 14.9 Å². The first kappa shape index (κ1) is 20.1. The van der Waals surface area contributed by atoms with Gasteiger partial charge >= 0.3 is 0 Å². The molecule has 0 unspecified atom stereocenters. The molecule has 4 rings (SSSR count). The number of nitrogens with one attached hydrogen (secondary N) is 2. The third-order valence-electron chi connectivity index (χ3n) is 5.72. The number of hydrogen-bond donors (Lipinski definition) is 2. The monoisotopic (exact) mass is 404 g/mol. The van der Waals surface area contributed by atoms with Gasteiger partial charge in [-0.2, -0.15) is 0 Å². The fourth-order valence-electron chi connectivity index (χ4n) is 4.17. The van der Waals surface area contributed by atoms with Gasteiger partial charge < -0.3 is 15.2 Å². The van der Waals surface area contributed by atoms with Crippen molar-refractivity contribution >= 4 is 28.5 Å². The highest BCUT2D eigenvalue weighted by molar-refractivity contribution is 5.94. The molecule has 1 aliphatic heterocycles. The van der Waals surface area contributed by atoms with Crippen LogP contribution in [-0.2, 0) is 9.59 Å². The van der Waals surface area contributed by atoms with Crippen LogP contribution in [0.15, 0.2) is 48.5 Å². The van der Waals surface area contributed by atoms with Gasteiger partial charge in [0, 0.05) is 25.1 Å². The quantitative estimate of drug-likeness (QED) is 0.621. The highest BCUT2D eigenvalue weighted by Crippen LogP contribution is 2.32. The van der Waals surface area contributed by atoms with E-state index < -0.39 is 0 Å². The Morgan fingerprint density at radius 3 is 2.70 bits per heavy atom. The van der Waals surface area contributed by atoms with Gasteiger partial charge in [0.25, 0.3) is 0 Å². The van der Waals surface area contributed by atoms with Crippen LogP contribution in [0.25, 0.3) is 11.0 Å². The number of anilines is 1. The predicted molar refractivity (Wildman–Crippen MR) is 118 cm³/mol. The number of aromatic amines is 1. The van der Waals surface area contributed by atoms with E-state index in [-0.39, 0.29) is 30.7 Å². The number of para-hydroxylation sites is 3. The molecule has 6 heteroatoms. The van der Waals surface area contributed by atoms with E-state index in [4.69, 9.17) is 0 Å². The molecular formula is C24H28N4O2. The van der Waals surface area contributed by atoms with Crippen molar-refractivity contribution in [1.29, 1.82) is 0 Å². The zero-order chi connectivity index (χ0) is 21.1. The average molecular weight is 405 g/mol. The first-order valence-corrected chi connectivity index (χ1v) is 10.7. The molecule has 3 aromatic rings. The molecule has 1 atom stereocenters. The number of carbonyl (C=O) groups excluding carboxylic acids is 2. The third-order valence-corrected chi connectivity index (χ3v) is 5.72. The van der Waals surface area contributed by atoms with Gasteiger partial charge in [-0.25, -0.2) is 4.98 Å². The summed E-state index contributed by atoms with van der Waals surface area (Å²) in [6.07, 6.45) is 2.21. The molecule has 1 aliphatic rings. The van der Waals surface area contributed by atoms with Crippen molar-refractivity contribution in [3.05, 3.63) is 59.9 Å². The molecule has 0 bridgehead atoms. The van der Waals surface area contributed by atoms with Crippen molar-refractivity contribution < 1.29 is 9.59 Å². The zero-order valence-electron chi connectivity index (χ0n) is 17.5. The second kappa shape index (κ2) is 8.69. The lowest BCUT2D eigenvalue weighted by atomic mass is 10.0. The molecule has 2 amide bonds. The molecule has 1 fully saturated rings. The van der Waals surface area contributed by atoms with Gasteiger partial charge in [0.15, 0.2) is 0 Å². The van der Waals surface area contributed by atoms with Gasteiger partial charge in [0.2, 0.25) is 11.8 Å². The molecule has 1 saturated heterocycles. The lowest BCUT2D eigenvalue weighted by Crippen LogP contribution is -2.31. The van der Waals surface area contributed by atoms with Crippen LogP contribution in [0.3, 0.4) is 0 Å². The highest BCUT2D eigenvalue weighted by atomic mass is 16.2. The second-order valence-electron chi connectivity index (χ2n) is 8.17. The Morgan fingerprint density at radius 2 is 1.90 bits per heavy atom. The molecule has 2 N–H and O–H groups in total. The van der Waals surface area contributed by atoms with Crippen LogP contribution in [0.1, 0.15) is 62.9 Å². The lowest BCUT2D eigenvalue weighted by Gasteiger charge is -2.23. The number of nitrogens with zero attached hydrogens (tertiary/aromatic N) is 2. The van der Waals surface area contributed by atoms with Crippen molar-refractivity contribution in [3.63, 3.8) is 0 Å². The molecule has 0 spiro atoms. The second-order valence-corrected chi connectivity index (χ2v) is 8.17. The average Bonchev–Trinajstić information content (AvgIpc) is 3.39. The number of carbonyl (C=O) groups is 2. The van der Waals surface area contributed by atoms with E-state index >= 15 is 0 Å². The van der Waals surface area contributed by atoms with Crippen LogP contribution in [-0.4, -0.2) is 33.2 Å². The van der Waals surface area contributed by atoms with E-state index in [1.165, 1.54) is 0 Å². The topological polar surface area (TPSA) is 78.1 Å². The number of likely N-dealkylation sites (tertiary alicyclic amines) is 1. The zero-order valence-corrected chi connectivity index (χ0v) is 17.5. The highest BCUT2D eigenvalue weighted by Gasteiger charge is 2.32. The molecule has 156 valence electrons. The number of aromatic nitrogens is 2. The molecule has 2 heterocycles. The summed E-state index contributed by atoms with van der Waals surface area (Å²) in [5.41, 5.74) is 3.82. The number of rotatable bonds is 6. The van der Waals surface area contributed by atoms with E-state index in [1.54, 1.807) is 0 Å². The number of amides is 2. The van der Waals surface area contributed by atoms with Gasteiger partial charge in [-0.1, -0.05) is 44.2 Å². The van der Waals surface area contributed by atoms with Gasteiger partial charge in [-0.3, -0.25) is 9.59 Å². The van der Waals surface area contributed by atoms with E-state index in [0.29, 0.717) is 12.5 Å². The standard InChI is InChI=1S/C24H28N4O2/c1-16(2)17-8-3-4-9-18(17)25-22(29)13-14-23(30)28-15-7-12-21(28)24-26-19-10-5-6-11-20(19)27-24/h3-6,8-11,16,21H,7,12-15H2,1-2H3,(H,25,29)(H,26,27)/t21-/m0/s1. The van der Waals surface area contributed by atoms with Gasteiger partial charge in [0.1, 0.15) is 5.82 Å². The molecule has 0 aliphatic carbocycles. The van der Waals surface area contributed by atoms with Crippen LogP contribution in [0, 0.1) is 0 Å². The van der Waals surface area contributed by atoms with Gasteiger partial charge in [-0.15, -0.1) is 0 Å². The fourth-order valence-corrected chi connectivity index (χ4v) is 4.17. The van der Waals surface area contributed by atoms with Crippen molar-refractivity contribution in [2.45, 2.75) is 51.5 Å². The summed E-state index contributed by atoms with van der Waals surface area (Å²) < 4.78 is 0. The summed E-state index contributed by atoms with van der Waals surface area (Å²) in [5.74, 6) is 1.02. The maximum atomic E-state index is 12.9. The lowest BCUT2D eigenvalue weighted by molar-refractivity contribution is -0.133. The first-order valence-electron chi connectivity index (χ1n) is 10.7. The minimum Gasteiger partial charge on any atom is -0.340 e. The third kappa shape index (κ3) is 4.22. The Bertz CT molecular complexity index is 1020. The van der Waals surface area contributed by atoms with Crippen LogP contribution in [0.5, 0.6) is 0 Å². The number of H-pyrrole nitrogens is 1. The molecule has 1 aromatic heterocycles. The Labute approximate surface area is 176 Å². The smallest absolute Gasteiger partial charge is 0.224 e.